The molecule has 0 radical (unpaired) electrons. The zero-order chi connectivity index (χ0) is 20.8. The average Bonchev–Trinajstić information content (AvgIpc) is 3.43. The highest BCUT2D eigenvalue weighted by atomic mass is 15.1. The summed E-state index contributed by atoms with van der Waals surface area (Å²) in [6, 6.07) is 9.53. The van der Waals surface area contributed by atoms with Crippen LogP contribution in [0.25, 0.3) is 56.0 Å². The molecular weight excluding hydrogens is 390 g/mol. The fraction of sp³-hybridized carbons (Fsp3) is 0. The Labute approximate surface area is 175 Å². The van der Waals surface area contributed by atoms with E-state index in [1.165, 1.54) is 0 Å². The highest BCUT2D eigenvalue weighted by Gasteiger charge is 2.17. The first-order chi connectivity index (χ1) is 15.3. The van der Waals surface area contributed by atoms with Crippen LogP contribution < -0.4 is 5.73 Å². The molecule has 0 atom stereocenters. The molecule has 0 saturated carbocycles. The molecule has 6 aromatic heterocycles. The Bertz CT molecular complexity index is 1550. The zero-order valence-electron chi connectivity index (χ0n) is 16.1. The van der Waals surface area contributed by atoms with Gasteiger partial charge in [0.05, 0.1) is 34.3 Å². The summed E-state index contributed by atoms with van der Waals surface area (Å²) < 4.78 is 0. The lowest BCUT2D eigenvalue weighted by Crippen LogP contribution is -1.90. The van der Waals surface area contributed by atoms with Crippen LogP contribution in [0, 0.1) is 0 Å². The predicted molar refractivity (Wildman–Crippen MR) is 118 cm³/mol. The van der Waals surface area contributed by atoms with Gasteiger partial charge >= 0.3 is 0 Å². The fourth-order valence-electron chi connectivity index (χ4n) is 3.61. The van der Waals surface area contributed by atoms with Gasteiger partial charge in [0.25, 0.3) is 0 Å². The van der Waals surface area contributed by atoms with E-state index in [1.807, 2.05) is 30.3 Å². The van der Waals surface area contributed by atoms with Crippen molar-refractivity contribution >= 4 is 27.6 Å². The van der Waals surface area contributed by atoms with E-state index in [0.717, 1.165) is 44.5 Å². The van der Waals surface area contributed by atoms with Crippen molar-refractivity contribution in [2.75, 3.05) is 5.73 Å². The number of H-pyrrole nitrogens is 2. The molecule has 148 valence electrons. The van der Waals surface area contributed by atoms with Crippen LogP contribution in [0.15, 0.2) is 67.5 Å². The van der Waals surface area contributed by atoms with Crippen LogP contribution in [0.5, 0.6) is 0 Å². The van der Waals surface area contributed by atoms with Gasteiger partial charge in [-0.15, -0.1) is 0 Å². The summed E-state index contributed by atoms with van der Waals surface area (Å²) >= 11 is 0. The number of nitrogens with one attached hydrogen (secondary N) is 2. The maximum absolute atomic E-state index is 5.88. The minimum absolute atomic E-state index is 0.583. The molecule has 31 heavy (non-hydrogen) atoms. The van der Waals surface area contributed by atoms with Crippen LogP contribution in [-0.4, -0.2) is 40.1 Å². The molecule has 0 aliphatic carbocycles. The first-order valence-corrected chi connectivity index (χ1v) is 9.57. The molecule has 0 saturated heterocycles. The molecule has 6 rings (SSSR count). The van der Waals surface area contributed by atoms with E-state index >= 15 is 0 Å². The Balaban J connectivity index is 1.51. The molecule has 4 N–H and O–H groups in total. The number of nitrogens with zero attached hydrogens (tertiary/aromatic N) is 6. The van der Waals surface area contributed by atoms with E-state index in [-0.39, 0.29) is 0 Å². The number of hydrogen-bond donors (Lipinski definition) is 3. The smallest absolute Gasteiger partial charge is 0.159 e. The number of aromatic nitrogens is 8. The van der Waals surface area contributed by atoms with Crippen molar-refractivity contribution in [2.45, 2.75) is 0 Å². The molecule has 6 aromatic rings. The van der Waals surface area contributed by atoms with E-state index in [9.17, 15) is 0 Å². The molecule has 6 heterocycles. The van der Waals surface area contributed by atoms with Crippen LogP contribution in [-0.2, 0) is 0 Å². The van der Waals surface area contributed by atoms with Crippen molar-refractivity contribution in [1.29, 1.82) is 0 Å². The van der Waals surface area contributed by atoms with Crippen LogP contribution in [0.3, 0.4) is 0 Å². The summed E-state index contributed by atoms with van der Waals surface area (Å²) in [6.07, 6.45) is 10.3. The van der Waals surface area contributed by atoms with Gasteiger partial charge < -0.3 is 10.7 Å². The lowest BCUT2D eigenvalue weighted by atomic mass is 10.1. The number of anilines is 1. The van der Waals surface area contributed by atoms with Gasteiger partial charge in [-0.05, 0) is 30.3 Å². The number of rotatable bonds is 3. The number of imidazole rings is 1. The Hall–Kier alpha value is -4.66. The molecule has 0 amide bonds. The molecule has 0 spiro atoms. The van der Waals surface area contributed by atoms with Crippen molar-refractivity contribution < 1.29 is 0 Å². The van der Waals surface area contributed by atoms with Crippen LogP contribution in [0.4, 0.5) is 5.69 Å². The van der Waals surface area contributed by atoms with E-state index in [0.29, 0.717) is 17.2 Å². The van der Waals surface area contributed by atoms with Crippen LogP contribution >= 0.6 is 0 Å². The Morgan fingerprint density at radius 1 is 0.806 bits per heavy atom. The lowest BCUT2D eigenvalue weighted by molar-refractivity contribution is 1.10. The second kappa shape index (κ2) is 6.70. The van der Waals surface area contributed by atoms with E-state index in [4.69, 9.17) is 10.7 Å². The molecule has 0 bridgehead atoms. The van der Waals surface area contributed by atoms with Crippen LogP contribution in [0.1, 0.15) is 0 Å². The van der Waals surface area contributed by atoms with Gasteiger partial charge in [0.15, 0.2) is 5.82 Å². The number of nitrogens with two attached hydrogens (primary N) is 1. The molecule has 0 unspecified atom stereocenters. The second-order valence-electron chi connectivity index (χ2n) is 7.08. The predicted octanol–water partition coefficient (Wildman–Crippen LogP) is 3.60. The first-order valence-electron chi connectivity index (χ1n) is 9.57. The topological polar surface area (TPSA) is 135 Å². The SMILES string of the molecule is Nc1cncc(-c2cc3c(-c4nc5c(-c6cccnc6)nccc5[nH]4)n[nH]c3cn2)c1. The minimum Gasteiger partial charge on any atom is -0.397 e. The molecule has 0 fully saturated rings. The standard InChI is InChI=1S/C22H15N9/c23-14-6-13(9-25-10-14)17-7-15-18(11-27-17)30-31-20(15)22-28-16-3-5-26-19(21(16)29-22)12-2-1-4-24-8-12/h1-11H,23H2,(H,28,29)(H,30,31). The number of hydrogen-bond acceptors (Lipinski definition) is 7. The van der Waals surface area contributed by atoms with Crippen LogP contribution in [0.2, 0.25) is 0 Å². The molecule has 0 aromatic carbocycles. The molecule has 0 aliphatic rings. The summed E-state index contributed by atoms with van der Waals surface area (Å²) in [5.41, 5.74) is 12.9. The van der Waals surface area contributed by atoms with Gasteiger partial charge in [0.1, 0.15) is 11.2 Å². The van der Waals surface area contributed by atoms with Gasteiger partial charge in [0, 0.05) is 47.5 Å². The minimum atomic E-state index is 0.583. The number of pyridine rings is 4. The normalized spacial score (nSPS) is 11.4. The Morgan fingerprint density at radius 3 is 2.61 bits per heavy atom. The summed E-state index contributed by atoms with van der Waals surface area (Å²) in [5.74, 6) is 0.641. The summed E-state index contributed by atoms with van der Waals surface area (Å²) in [6.45, 7) is 0. The number of nitrogen functional groups attached to an aromatic ring is 1. The average molecular weight is 405 g/mol. The maximum atomic E-state index is 5.88. The third-order valence-corrected chi connectivity index (χ3v) is 5.06. The maximum Gasteiger partial charge on any atom is 0.159 e. The summed E-state index contributed by atoms with van der Waals surface area (Å²) in [4.78, 5) is 25.6. The van der Waals surface area contributed by atoms with Gasteiger partial charge in [-0.3, -0.25) is 25.0 Å². The monoisotopic (exact) mass is 405 g/mol. The van der Waals surface area contributed by atoms with Gasteiger partial charge in [0.2, 0.25) is 0 Å². The van der Waals surface area contributed by atoms with Crippen molar-refractivity contribution in [1.82, 2.24) is 40.1 Å². The molecule has 9 heteroatoms. The van der Waals surface area contributed by atoms with Crippen molar-refractivity contribution in [2.24, 2.45) is 0 Å². The quantitative estimate of drug-likeness (QED) is 0.409. The third kappa shape index (κ3) is 2.87. The fourth-order valence-corrected chi connectivity index (χ4v) is 3.61. The lowest BCUT2D eigenvalue weighted by Gasteiger charge is -2.02. The van der Waals surface area contributed by atoms with Crippen molar-refractivity contribution in [3.63, 3.8) is 0 Å². The summed E-state index contributed by atoms with van der Waals surface area (Å²) in [7, 11) is 0. The number of fused-ring (bicyclic) bond motifs is 2. The third-order valence-electron chi connectivity index (χ3n) is 5.06. The zero-order valence-corrected chi connectivity index (χ0v) is 16.1. The van der Waals surface area contributed by atoms with E-state index in [1.54, 1.807) is 37.2 Å². The second-order valence-corrected chi connectivity index (χ2v) is 7.08. The van der Waals surface area contributed by atoms with Crippen molar-refractivity contribution in [3.05, 3.63) is 67.5 Å². The summed E-state index contributed by atoms with van der Waals surface area (Å²) in [5, 5.41) is 8.40. The van der Waals surface area contributed by atoms with E-state index < -0.39 is 0 Å². The first kappa shape index (κ1) is 17.2. The van der Waals surface area contributed by atoms with Crippen molar-refractivity contribution in [3.8, 4) is 34.0 Å². The largest absolute Gasteiger partial charge is 0.397 e. The van der Waals surface area contributed by atoms with Gasteiger partial charge in [-0.1, -0.05) is 0 Å². The molecule has 9 nitrogen and oxygen atoms in total. The van der Waals surface area contributed by atoms with Gasteiger partial charge in [-0.2, -0.15) is 5.10 Å². The Kier molecular flexibility index (Phi) is 3.72. The highest BCUT2D eigenvalue weighted by Crippen LogP contribution is 2.31. The Morgan fingerprint density at radius 2 is 1.74 bits per heavy atom. The number of aromatic amines is 2. The highest BCUT2D eigenvalue weighted by molar-refractivity contribution is 5.96. The van der Waals surface area contributed by atoms with Gasteiger partial charge in [-0.25, -0.2) is 4.98 Å². The van der Waals surface area contributed by atoms with E-state index in [2.05, 4.69) is 35.1 Å². The molecule has 0 aliphatic heterocycles. The molecular formula is C22H15N9.